The van der Waals surface area contributed by atoms with Gasteiger partial charge in [0.25, 0.3) is 0 Å². The topological polar surface area (TPSA) is 32.5 Å². The average Bonchev–Trinajstić information content (AvgIpc) is 2.36. The van der Waals surface area contributed by atoms with Gasteiger partial charge < -0.3 is 10.6 Å². The van der Waals surface area contributed by atoms with Crippen LogP contribution >= 0.6 is 12.2 Å². The van der Waals surface area contributed by atoms with Gasteiger partial charge in [0.2, 0.25) is 0 Å². The fourth-order valence-electron chi connectivity index (χ4n) is 2.32. The van der Waals surface area contributed by atoms with Crippen LogP contribution in [0.2, 0.25) is 0 Å². The fraction of sp³-hybridized carbons (Fsp3) is 0.533. The van der Waals surface area contributed by atoms with Crippen molar-refractivity contribution in [2.75, 3.05) is 27.2 Å². The van der Waals surface area contributed by atoms with E-state index in [1.165, 1.54) is 6.07 Å². The van der Waals surface area contributed by atoms with Crippen molar-refractivity contribution in [2.24, 2.45) is 5.73 Å². The third-order valence-electron chi connectivity index (χ3n) is 3.34. The third kappa shape index (κ3) is 4.81. The molecule has 0 saturated carbocycles. The molecule has 1 atom stereocenters. The van der Waals surface area contributed by atoms with E-state index in [9.17, 15) is 4.39 Å². The molecule has 0 aromatic heterocycles. The molecule has 0 fully saturated rings. The lowest BCUT2D eigenvalue weighted by atomic mass is 10.1. The molecular weight excluding hydrogens is 273 g/mol. The van der Waals surface area contributed by atoms with Crippen molar-refractivity contribution >= 4 is 17.2 Å². The summed E-state index contributed by atoms with van der Waals surface area (Å²) in [4.78, 5) is 4.61. The van der Waals surface area contributed by atoms with Gasteiger partial charge in [-0.2, -0.15) is 0 Å². The second-order valence-corrected chi connectivity index (χ2v) is 5.79. The number of hydrogen-bond acceptors (Lipinski definition) is 3. The largest absolute Gasteiger partial charge is 0.389 e. The SMILES string of the molecule is CCN(Cc1ccc(F)c(C(N)=S)c1)C(C)CN(C)C. The highest BCUT2D eigenvalue weighted by atomic mass is 32.1. The molecule has 0 amide bonds. The number of halogens is 1. The van der Waals surface area contributed by atoms with Crippen molar-refractivity contribution in [1.29, 1.82) is 0 Å². The highest BCUT2D eigenvalue weighted by Gasteiger charge is 2.14. The van der Waals surface area contributed by atoms with Gasteiger partial charge in [0.15, 0.2) is 0 Å². The van der Waals surface area contributed by atoms with E-state index in [4.69, 9.17) is 18.0 Å². The van der Waals surface area contributed by atoms with E-state index >= 15 is 0 Å². The summed E-state index contributed by atoms with van der Waals surface area (Å²) in [7, 11) is 4.13. The lowest BCUT2D eigenvalue weighted by Crippen LogP contribution is -2.39. The predicted molar refractivity (Wildman–Crippen MR) is 86.4 cm³/mol. The Bertz CT molecular complexity index is 462. The Balaban J connectivity index is 2.85. The lowest BCUT2D eigenvalue weighted by Gasteiger charge is -2.30. The highest BCUT2D eigenvalue weighted by molar-refractivity contribution is 7.80. The normalized spacial score (nSPS) is 12.9. The van der Waals surface area contributed by atoms with Crippen LogP contribution in [-0.2, 0) is 6.54 Å². The van der Waals surface area contributed by atoms with Crippen molar-refractivity contribution in [1.82, 2.24) is 9.80 Å². The van der Waals surface area contributed by atoms with Crippen LogP contribution in [0.1, 0.15) is 25.0 Å². The van der Waals surface area contributed by atoms with Crippen LogP contribution in [0.5, 0.6) is 0 Å². The van der Waals surface area contributed by atoms with E-state index in [1.54, 1.807) is 12.1 Å². The molecule has 1 unspecified atom stereocenters. The monoisotopic (exact) mass is 297 g/mol. The molecule has 0 saturated heterocycles. The van der Waals surface area contributed by atoms with Gasteiger partial charge in [0, 0.05) is 24.7 Å². The van der Waals surface area contributed by atoms with E-state index in [0.29, 0.717) is 11.6 Å². The quantitative estimate of drug-likeness (QED) is 0.782. The fourth-order valence-corrected chi connectivity index (χ4v) is 2.47. The molecule has 0 aliphatic carbocycles. The number of benzene rings is 1. The van der Waals surface area contributed by atoms with Gasteiger partial charge in [0.1, 0.15) is 10.8 Å². The minimum Gasteiger partial charge on any atom is -0.389 e. The summed E-state index contributed by atoms with van der Waals surface area (Å²) >= 11 is 4.88. The van der Waals surface area contributed by atoms with Crippen LogP contribution in [0.3, 0.4) is 0 Å². The predicted octanol–water partition coefficient (Wildman–Crippen LogP) is 2.23. The minimum atomic E-state index is -0.356. The molecule has 1 rings (SSSR count). The Morgan fingerprint density at radius 1 is 1.40 bits per heavy atom. The molecule has 0 radical (unpaired) electrons. The van der Waals surface area contributed by atoms with Gasteiger partial charge in [-0.3, -0.25) is 4.90 Å². The zero-order valence-corrected chi connectivity index (χ0v) is 13.5. The van der Waals surface area contributed by atoms with Gasteiger partial charge >= 0.3 is 0 Å². The van der Waals surface area contributed by atoms with E-state index < -0.39 is 0 Å². The molecule has 1 aromatic rings. The van der Waals surface area contributed by atoms with Crippen molar-refractivity contribution in [3.63, 3.8) is 0 Å². The smallest absolute Gasteiger partial charge is 0.133 e. The zero-order valence-electron chi connectivity index (χ0n) is 12.7. The second kappa shape index (κ2) is 7.67. The van der Waals surface area contributed by atoms with Crippen molar-refractivity contribution in [3.8, 4) is 0 Å². The Morgan fingerprint density at radius 3 is 2.55 bits per heavy atom. The third-order valence-corrected chi connectivity index (χ3v) is 3.56. The van der Waals surface area contributed by atoms with Crippen LogP contribution in [0.25, 0.3) is 0 Å². The molecule has 2 N–H and O–H groups in total. The summed E-state index contributed by atoms with van der Waals surface area (Å²) < 4.78 is 13.6. The summed E-state index contributed by atoms with van der Waals surface area (Å²) in [5.74, 6) is -0.356. The van der Waals surface area contributed by atoms with E-state index in [2.05, 4.69) is 37.7 Å². The Kier molecular flexibility index (Phi) is 6.52. The molecule has 0 aliphatic heterocycles. The number of nitrogens with zero attached hydrogens (tertiary/aromatic N) is 2. The first-order valence-corrected chi connectivity index (χ1v) is 7.23. The van der Waals surface area contributed by atoms with Gasteiger partial charge in [-0.05, 0) is 45.3 Å². The molecule has 0 heterocycles. The second-order valence-electron chi connectivity index (χ2n) is 5.35. The summed E-state index contributed by atoms with van der Waals surface area (Å²) in [6.45, 7) is 7.01. The van der Waals surface area contributed by atoms with Gasteiger partial charge in [0.05, 0.1) is 0 Å². The van der Waals surface area contributed by atoms with Crippen molar-refractivity contribution < 1.29 is 4.39 Å². The molecular formula is C15H24FN3S. The molecule has 112 valence electrons. The number of likely N-dealkylation sites (N-methyl/N-ethyl adjacent to an activating group) is 2. The maximum absolute atomic E-state index is 13.6. The molecule has 5 heteroatoms. The molecule has 1 aromatic carbocycles. The minimum absolute atomic E-state index is 0.105. The van der Waals surface area contributed by atoms with Gasteiger partial charge in [-0.25, -0.2) is 4.39 Å². The molecule has 0 spiro atoms. The lowest BCUT2D eigenvalue weighted by molar-refractivity contribution is 0.174. The number of hydrogen-bond donors (Lipinski definition) is 1. The first-order valence-electron chi connectivity index (χ1n) is 6.82. The van der Waals surface area contributed by atoms with E-state index in [0.717, 1.165) is 25.2 Å². The van der Waals surface area contributed by atoms with E-state index in [1.807, 2.05) is 0 Å². The van der Waals surface area contributed by atoms with Crippen LogP contribution < -0.4 is 5.73 Å². The number of rotatable bonds is 7. The van der Waals surface area contributed by atoms with Crippen LogP contribution in [0.15, 0.2) is 18.2 Å². The first kappa shape index (κ1) is 17.0. The summed E-state index contributed by atoms with van der Waals surface area (Å²) in [6.07, 6.45) is 0. The molecule has 0 aliphatic rings. The van der Waals surface area contributed by atoms with Crippen molar-refractivity contribution in [3.05, 3.63) is 35.1 Å². The van der Waals surface area contributed by atoms with Gasteiger partial charge in [-0.1, -0.05) is 25.2 Å². The molecule has 20 heavy (non-hydrogen) atoms. The summed E-state index contributed by atoms with van der Waals surface area (Å²) in [5.41, 5.74) is 6.90. The highest BCUT2D eigenvalue weighted by Crippen LogP contribution is 2.14. The first-order chi connectivity index (χ1) is 9.35. The number of nitrogens with two attached hydrogens (primary N) is 1. The van der Waals surface area contributed by atoms with Gasteiger partial charge in [-0.15, -0.1) is 0 Å². The average molecular weight is 297 g/mol. The van der Waals surface area contributed by atoms with Crippen LogP contribution in [0.4, 0.5) is 4.39 Å². The summed E-state index contributed by atoms with van der Waals surface area (Å²) in [6, 6.07) is 5.41. The maximum Gasteiger partial charge on any atom is 0.133 e. The van der Waals surface area contributed by atoms with Crippen molar-refractivity contribution in [2.45, 2.75) is 26.4 Å². The van der Waals surface area contributed by atoms with Crippen LogP contribution in [0, 0.1) is 5.82 Å². The molecule has 3 nitrogen and oxygen atoms in total. The molecule has 0 bridgehead atoms. The van der Waals surface area contributed by atoms with Crippen LogP contribution in [-0.4, -0.2) is 48.0 Å². The maximum atomic E-state index is 13.6. The standard InChI is InChI=1S/C15H24FN3S/c1-5-19(11(2)9-18(3)4)10-12-6-7-14(16)13(8-12)15(17)20/h6-8,11H,5,9-10H2,1-4H3,(H2,17,20). The Labute approximate surface area is 126 Å². The Morgan fingerprint density at radius 2 is 2.05 bits per heavy atom. The number of thiocarbonyl (C=S) groups is 1. The Hall–Kier alpha value is -1.04. The van der Waals surface area contributed by atoms with E-state index in [-0.39, 0.29) is 10.8 Å². The zero-order chi connectivity index (χ0) is 15.3. The summed E-state index contributed by atoms with van der Waals surface area (Å²) in [5, 5.41) is 0.